The number of nitrogens with zero attached hydrogens (tertiary/aromatic N) is 1. The highest BCUT2D eigenvalue weighted by molar-refractivity contribution is 5.95. The van der Waals surface area contributed by atoms with Gasteiger partial charge in [-0.05, 0) is 61.4 Å². The Morgan fingerprint density at radius 1 is 0.886 bits per heavy atom. The van der Waals surface area contributed by atoms with Gasteiger partial charge in [0.2, 0.25) is 0 Å². The largest absolute Gasteiger partial charge is 0.455 e. The van der Waals surface area contributed by atoms with Crippen molar-refractivity contribution in [2.45, 2.75) is 12.8 Å². The summed E-state index contributed by atoms with van der Waals surface area (Å²) in [6.45, 7) is 0.339. The smallest absolute Gasteiger partial charge is 0.309 e. The third kappa shape index (κ3) is 6.44. The Balaban J connectivity index is 1.24. The van der Waals surface area contributed by atoms with Crippen LogP contribution in [-0.2, 0) is 14.3 Å². The lowest BCUT2D eigenvalue weighted by Crippen LogP contribution is -2.41. The molecule has 180 valence electrons. The number of esters is 1. The van der Waals surface area contributed by atoms with Crippen molar-refractivity contribution in [2.75, 3.05) is 25.0 Å². The van der Waals surface area contributed by atoms with Crippen LogP contribution < -0.4 is 10.1 Å². The zero-order valence-electron chi connectivity index (χ0n) is 19.0. The van der Waals surface area contributed by atoms with E-state index >= 15 is 0 Å². The maximum absolute atomic E-state index is 13.1. The van der Waals surface area contributed by atoms with Gasteiger partial charge in [-0.25, -0.2) is 4.39 Å². The Bertz CT molecular complexity index is 1180. The van der Waals surface area contributed by atoms with Gasteiger partial charge in [-0.15, -0.1) is 0 Å². The number of anilines is 1. The van der Waals surface area contributed by atoms with Crippen LogP contribution >= 0.6 is 0 Å². The number of hydrogen-bond donors (Lipinski definition) is 1. The maximum atomic E-state index is 13.1. The maximum Gasteiger partial charge on any atom is 0.309 e. The first-order valence-electron chi connectivity index (χ1n) is 11.3. The molecule has 1 heterocycles. The summed E-state index contributed by atoms with van der Waals surface area (Å²) >= 11 is 0. The summed E-state index contributed by atoms with van der Waals surface area (Å²) in [6.07, 6.45) is 0.863. The van der Waals surface area contributed by atoms with Gasteiger partial charge in [0.15, 0.2) is 12.4 Å². The second-order valence-corrected chi connectivity index (χ2v) is 8.14. The molecule has 0 aliphatic carbocycles. The van der Waals surface area contributed by atoms with Gasteiger partial charge in [0.1, 0.15) is 11.6 Å². The topological polar surface area (TPSA) is 84.9 Å². The summed E-state index contributed by atoms with van der Waals surface area (Å²) in [5.41, 5.74) is 0.866. The van der Waals surface area contributed by atoms with Crippen LogP contribution in [0.5, 0.6) is 11.5 Å². The highest BCUT2D eigenvalue weighted by Crippen LogP contribution is 2.29. The fourth-order valence-corrected chi connectivity index (χ4v) is 3.81. The molecular formula is C27H25FN2O5. The Hall–Kier alpha value is -4.20. The molecule has 4 rings (SSSR count). The van der Waals surface area contributed by atoms with Crippen molar-refractivity contribution in [3.8, 4) is 11.5 Å². The van der Waals surface area contributed by atoms with E-state index in [-0.39, 0.29) is 5.91 Å². The minimum Gasteiger partial charge on any atom is -0.455 e. The van der Waals surface area contributed by atoms with E-state index in [1.54, 1.807) is 41.3 Å². The zero-order chi connectivity index (χ0) is 24.6. The van der Waals surface area contributed by atoms with Crippen molar-refractivity contribution in [1.29, 1.82) is 0 Å². The number of ether oxygens (including phenoxy) is 2. The van der Waals surface area contributed by atoms with Crippen molar-refractivity contribution < 1.29 is 28.2 Å². The minimum absolute atomic E-state index is 0.201. The first kappa shape index (κ1) is 23.9. The number of likely N-dealkylation sites (tertiary alicyclic amines) is 1. The van der Waals surface area contributed by atoms with Gasteiger partial charge in [0.25, 0.3) is 11.8 Å². The summed E-state index contributed by atoms with van der Waals surface area (Å²) < 4.78 is 24.1. The molecule has 1 aliphatic heterocycles. The Labute approximate surface area is 202 Å². The second kappa shape index (κ2) is 11.3. The van der Waals surface area contributed by atoms with Crippen molar-refractivity contribution in [3.63, 3.8) is 0 Å². The Morgan fingerprint density at radius 3 is 2.26 bits per heavy atom. The quantitative estimate of drug-likeness (QED) is 0.502. The summed E-state index contributed by atoms with van der Waals surface area (Å²) in [5, 5.41) is 2.71. The lowest BCUT2D eigenvalue weighted by atomic mass is 9.96. The molecule has 3 aromatic carbocycles. The van der Waals surface area contributed by atoms with E-state index in [2.05, 4.69) is 5.32 Å². The number of hydrogen-bond acceptors (Lipinski definition) is 5. The summed E-state index contributed by atoms with van der Waals surface area (Å²) in [4.78, 5) is 39.1. The van der Waals surface area contributed by atoms with Crippen molar-refractivity contribution in [3.05, 3.63) is 90.2 Å². The molecule has 1 N–H and O–H groups in total. The molecule has 1 fully saturated rings. The molecule has 8 heteroatoms. The average molecular weight is 477 g/mol. The third-order valence-corrected chi connectivity index (χ3v) is 5.68. The predicted octanol–water partition coefficient (Wildman–Crippen LogP) is 4.65. The van der Waals surface area contributed by atoms with E-state index in [0.29, 0.717) is 48.7 Å². The van der Waals surface area contributed by atoms with Gasteiger partial charge in [0.05, 0.1) is 11.6 Å². The van der Waals surface area contributed by atoms with Crippen LogP contribution in [0.2, 0.25) is 0 Å². The molecule has 35 heavy (non-hydrogen) atoms. The molecule has 1 aliphatic rings. The fraction of sp³-hybridized carbons (Fsp3) is 0.222. The monoisotopic (exact) mass is 476 g/mol. The van der Waals surface area contributed by atoms with E-state index < -0.39 is 30.2 Å². The molecule has 0 saturated carbocycles. The van der Waals surface area contributed by atoms with Gasteiger partial charge < -0.3 is 19.7 Å². The molecule has 0 unspecified atom stereocenters. The average Bonchev–Trinajstić information content (AvgIpc) is 2.89. The number of rotatable bonds is 7. The fourth-order valence-electron chi connectivity index (χ4n) is 3.81. The zero-order valence-corrected chi connectivity index (χ0v) is 19.0. The van der Waals surface area contributed by atoms with Crippen LogP contribution in [0.1, 0.15) is 23.2 Å². The molecule has 2 amide bonds. The second-order valence-electron chi connectivity index (χ2n) is 8.14. The van der Waals surface area contributed by atoms with E-state index in [9.17, 15) is 18.8 Å². The highest BCUT2D eigenvalue weighted by Gasteiger charge is 2.29. The number of piperidine rings is 1. The Morgan fingerprint density at radius 2 is 1.54 bits per heavy atom. The molecule has 0 radical (unpaired) electrons. The van der Waals surface area contributed by atoms with Crippen molar-refractivity contribution in [2.24, 2.45) is 5.92 Å². The number of carbonyl (C=O) groups is 3. The predicted molar refractivity (Wildman–Crippen MR) is 128 cm³/mol. The van der Waals surface area contributed by atoms with E-state index in [1.807, 2.05) is 18.2 Å². The van der Waals surface area contributed by atoms with Crippen molar-refractivity contribution >= 4 is 23.5 Å². The first-order chi connectivity index (χ1) is 17.0. The summed E-state index contributed by atoms with van der Waals surface area (Å²) in [6, 6.07) is 21.5. The van der Waals surface area contributed by atoms with Crippen LogP contribution in [0, 0.1) is 11.7 Å². The molecule has 7 nitrogen and oxygen atoms in total. The van der Waals surface area contributed by atoms with E-state index in [0.717, 1.165) is 0 Å². The van der Waals surface area contributed by atoms with E-state index in [1.165, 1.54) is 24.3 Å². The number of benzene rings is 3. The summed E-state index contributed by atoms with van der Waals surface area (Å²) in [5.74, 6) is -0.851. The number of carbonyl (C=O) groups excluding carboxylic acids is 3. The van der Waals surface area contributed by atoms with Gasteiger partial charge in [0, 0.05) is 18.7 Å². The van der Waals surface area contributed by atoms with E-state index in [4.69, 9.17) is 9.47 Å². The van der Waals surface area contributed by atoms with Crippen LogP contribution in [0.3, 0.4) is 0 Å². The van der Waals surface area contributed by atoms with Gasteiger partial charge in [-0.3, -0.25) is 14.4 Å². The molecule has 0 aromatic heterocycles. The van der Waals surface area contributed by atoms with Gasteiger partial charge in [-0.1, -0.05) is 30.3 Å². The molecule has 3 aromatic rings. The number of amides is 2. The number of nitrogens with one attached hydrogen (secondary N) is 1. The number of halogens is 1. The van der Waals surface area contributed by atoms with Crippen LogP contribution in [0.15, 0.2) is 78.9 Å². The third-order valence-electron chi connectivity index (χ3n) is 5.68. The molecular weight excluding hydrogens is 451 g/mol. The van der Waals surface area contributed by atoms with Crippen LogP contribution in [-0.4, -0.2) is 42.4 Å². The molecule has 0 bridgehead atoms. The number of para-hydroxylation sites is 3. The van der Waals surface area contributed by atoms with Crippen LogP contribution in [0.25, 0.3) is 0 Å². The first-order valence-corrected chi connectivity index (χ1v) is 11.3. The van der Waals surface area contributed by atoms with Gasteiger partial charge >= 0.3 is 5.97 Å². The summed E-state index contributed by atoms with van der Waals surface area (Å²) in [7, 11) is 0. The van der Waals surface area contributed by atoms with Gasteiger partial charge in [-0.2, -0.15) is 0 Å². The standard InChI is InChI=1S/C27H25FN2O5/c28-21-12-10-19(11-13-21)26(32)30-16-14-20(15-17-30)27(33)34-18-25(31)29-23-8-4-5-9-24(23)35-22-6-2-1-3-7-22/h1-13,20H,14-18H2,(H,29,31). The Kier molecular flexibility index (Phi) is 7.72. The SMILES string of the molecule is O=C(COC(=O)C1CCN(C(=O)c2ccc(F)cc2)CC1)Nc1ccccc1Oc1ccccc1. The molecule has 0 spiro atoms. The lowest BCUT2D eigenvalue weighted by Gasteiger charge is -2.31. The molecule has 1 saturated heterocycles. The van der Waals surface area contributed by atoms with Crippen LogP contribution in [0.4, 0.5) is 10.1 Å². The van der Waals surface area contributed by atoms with Crippen molar-refractivity contribution in [1.82, 2.24) is 4.90 Å². The highest BCUT2D eigenvalue weighted by atomic mass is 19.1. The normalized spacial score (nSPS) is 13.7. The molecule has 0 atom stereocenters. The lowest BCUT2D eigenvalue weighted by molar-refractivity contribution is -0.152. The minimum atomic E-state index is -0.480.